The average Bonchev–Trinajstić information content (AvgIpc) is 2.52. The summed E-state index contributed by atoms with van der Waals surface area (Å²) >= 11 is 0. The second-order valence-electron chi connectivity index (χ2n) is 3.70. The molecule has 2 N–H and O–H groups in total. The summed E-state index contributed by atoms with van der Waals surface area (Å²) in [6, 6.07) is 0. The first-order chi connectivity index (χ1) is 6.27. The van der Waals surface area contributed by atoms with Crippen molar-refractivity contribution in [3.05, 3.63) is 0 Å². The Bertz CT molecular complexity index is 231. The number of carbonyl (C=O) groups excluding carboxylic acids is 1. The zero-order chi connectivity index (χ0) is 11.0. The van der Waals surface area contributed by atoms with Crippen LogP contribution in [0.5, 0.6) is 0 Å². The van der Waals surface area contributed by atoms with Gasteiger partial charge in [0.05, 0.1) is 0 Å². The second-order valence-corrected chi connectivity index (χ2v) is 3.70. The largest absolute Gasteiger partial charge is 0.415 e. The minimum Gasteiger partial charge on any atom is -0.341 e. The SMILES string of the molecule is CC(N)(C(=O)N1CCCC1)C(F)(F)F. The van der Waals surface area contributed by atoms with Crippen LogP contribution >= 0.6 is 0 Å². The third-order valence-corrected chi connectivity index (χ3v) is 2.43. The van der Waals surface area contributed by atoms with E-state index in [2.05, 4.69) is 0 Å². The van der Waals surface area contributed by atoms with Crippen LogP contribution in [0.2, 0.25) is 0 Å². The van der Waals surface area contributed by atoms with Crippen molar-refractivity contribution in [1.82, 2.24) is 4.90 Å². The molecule has 0 bridgehead atoms. The Morgan fingerprint density at radius 2 is 1.71 bits per heavy atom. The van der Waals surface area contributed by atoms with Crippen LogP contribution in [-0.4, -0.2) is 35.6 Å². The van der Waals surface area contributed by atoms with Gasteiger partial charge in [0, 0.05) is 13.1 Å². The van der Waals surface area contributed by atoms with E-state index in [1.54, 1.807) is 0 Å². The molecule has 1 heterocycles. The third kappa shape index (κ3) is 1.84. The molecule has 1 atom stereocenters. The van der Waals surface area contributed by atoms with Crippen molar-refractivity contribution in [2.45, 2.75) is 31.5 Å². The number of hydrogen-bond donors (Lipinski definition) is 1. The summed E-state index contributed by atoms with van der Waals surface area (Å²) in [6.07, 6.45) is -3.19. The van der Waals surface area contributed by atoms with Crippen LogP contribution in [0.15, 0.2) is 0 Å². The lowest BCUT2D eigenvalue weighted by Crippen LogP contribution is -2.61. The fraction of sp³-hybridized carbons (Fsp3) is 0.875. The first-order valence-electron chi connectivity index (χ1n) is 4.42. The van der Waals surface area contributed by atoms with Gasteiger partial charge in [0.2, 0.25) is 0 Å². The van der Waals surface area contributed by atoms with Gasteiger partial charge in [-0.1, -0.05) is 0 Å². The molecule has 1 rings (SSSR count). The van der Waals surface area contributed by atoms with Gasteiger partial charge in [-0.2, -0.15) is 13.2 Å². The van der Waals surface area contributed by atoms with E-state index in [1.165, 1.54) is 4.90 Å². The molecule has 6 heteroatoms. The Morgan fingerprint density at radius 3 is 2.07 bits per heavy atom. The first kappa shape index (κ1) is 11.3. The lowest BCUT2D eigenvalue weighted by Gasteiger charge is -2.30. The predicted octanol–water partition coefficient (Wildman–Crippen LogP) is 0.889. The van der Waals surface area contributed by atoms with Crippen LogP contribution in [0.25, 0.3) is 0 Å². The molecular weight excluding hydrogens is 197 g/mol. The van der Waals surface area contributed by atoms with Crippen molar-refractivity contribution in [3.63, 3.8) is 0 Å². The van der Waals surface area contributed by atoms with Gasteiger partial charge in [-0.25, -0.2) is 0 Å². The maximum absolute atomic E-state index is 12.4. The zero-order valence-electron chi connectivity index (χ0n) is 7.90. The van der Waals surface area contributed by atoms with E-state index in [0.29, 0.717) is 20.0 Å². The highest BCUT2D eigenvalue weighted by atomic mass is 19.4. The van der Waals surface area contributed by atoms with Crippen molar-refractivity contribution >= 4 is 5.91 Å². The fourth-order valence-corrected chi connectivity index (χ4v) is 1.37. The molecule has 14 heavy (non-hydrogen) atoms. The molecule has 1 fully saturated rings. The number of likely N-dealkylation sites (tertiary alicyclic amines) is 1. The molecule has 0 aliphatic carbocycles. The molecule has 0 aromatic heterocycles. The number of carbonyl (C=O) groups is 1. The minimum absolute atomic E-state index is 0.377. The van der Waals surface area contributed by atoms with Crippen molar-refractivity contribution in [1.29, 1.82) is 0 Å². The quantitative estimate of drug-likeness (QED) is 0.698. The van der Waals surface area contributed by atoms with Gasteiger partial charge in [-0.15, -0.1) is 0 Å². The van der Waals surface area contributed by atoms with Crippen LogP contribution in [0.3, 0.4) is 0 Å². The van der Waals surface area contributed by atoms with Gasteiger partial charge < -0.3 is 10.6 Å². The van der Waals surface area contributed by atoms with Crippen LogP contribution in [0, 0.1) is 0 Å². The van der Waals surface area contributed by atoms with Gasteiger partial charge in [0.1, 0.15) is 0 Å². The number of halogens is 3. The van der Waals surface area contributed by atoms with E-state index >= 15 is 0 Å². The molecule has 0 spiro atoms. The molecule has 1 aliphatic rings. The molecule has 82 valence electrons. The molecule has 1 aliphatic heterocycles. The summed E-state index contributed by atoms with van der Waals surface area (Å²) in [6.45, 7) is 1.47. The number of alkyl halides is 3. The van der Waals surface area contributed by atoms with Gasteiger partial charge in [0.25, 0.3) is 5.91 Å². The van der Waals surface area contributed by atoms with Crippen LogP contribution in [-0.2, 0) is 4.79 Å². The standard InChI is InChI=1S/C8H13F3N2O/c1-7(12,8(9,10)11)6(14)13-4-2-3-5-13/h2-5,12H2,1H3. The zero-order valence-corrected chi connectivity index (χ0v) is 7.90. The van der Waals surface area contributed by atoms with Crippen molar-refractivity contribution in [2.75, 3.05) is 13.1 Å². The van der Waals surface area contributed by atoms with Gasteiger partial charge in [-0.3, -0.25) is 4.79 Å². The molecule has 0 aromatic rings. The van der Waals surface area contributed by atoms with Gasteiger partial charge in [-0.05, 0) is 19.8 Å². The monoisotopic (exact) mass is 210 g/mol. The molecule has 1 unspecified atom stereocenters. The molecule has 0 aromatic carbocycles. The number of rotatable bonds is 1. The molecule has 1 amide bonds. The Hall–Kier alpha value is -0.780. The molecule has 3 nitrogen and oxygen atoms in total. The van der Waals surface area contributed by atoms with Crippen molar-refractivity contribution < 1.29 is 18.0 Å². The molecule has 0 radical (unpaired) electrons. The van der Waals surface area contributed by atoms with Gasteiger partial charge >= 0.3 is 6.18 Å². The predicted molar refractivity (Wildman–Crippen MR) is 44.5 cm³/mol. The van der Waals surface area contributed by atoms with Crippen molar-refractivity contribution in [3.8, 4) is 0 Å². The summed E-state index contributed by atoms with van der Waals surface area (Å²) in [4.78, 5) is 12.6. The fourth-order valence-electron chi connectivity index (χ4n) is 1.37. The van der Waals surface area contributed by atoms with E-state index < -0.39 is 17.6 Å². The number of nitrogens with zero attached hydrogens (tertiary/aromatic N) is 1. The lowest BCUT2D eigenvalue weighted by molar-refractivity contribution is -0.193. The van der Waals surface area contributed by atoms with Crippen LogP contribution < -0.4 is 5.73 Å². The second kappa shape index (κ2) is 3.42. The first-order valence-corrected chi connectivity index (χ1v) is 4.42. The smallest absolute Gasteiger partial charge is 0.341 e. The van der Waals surface area contributed by atoms with E-state index in [9.17, 15) is 18.0 Å². The van der Waals surface area contributed by atoms with E-state index in [4.69, 9.17) is 5.73 Å². The summed E-state index contributed by atoms with van der Waals surface area (Å²) in [5.74, 6) is -1.03. The Morgan fingerprint density at radius 1 is 1.29 bits per heavy atom. The normalized spacial score (nSPS) is 22.2. The van der Waals surface area contributed by atoms with E-state index in [1.807, 2.05) is 0 Å². The molecular formula is C8H13F3N2O. The Labute approximate surface area is 80.0 Å². The third-order valence-electron chi connectivity index (χ3n) is 2.43. The Kier molecular flexibility index (Phi) is 2.76. The highest BCUT2D eigenvalue weighted by Gasteiger charge is 2.55. The van der Waals surface area contributed by atoms with Crippen molar-refractivity contribution in [2.24, 2.45) is 5.73 Å². The molecule has 0 saturated carbocycles. The summed E-state index contributed by atoms with van der Waals surface area (Å²) in [5, 5.41) is 0. The maximum atomic E-state index is 12.4. The number of hydrogen-bond acceptors (Lipinski definition) is 2. The van der Waals surface area contributed by atoms with Crippen LogP contribution in [0.1, 0.15) is 19.8 Å². The van der Waals surface area contributed by atoms with E-state index in [-0.39, 0.29) is 0 Å². The topological polar surface area (TPSA) is 46.3 Å². The summed E-state index contributed by atoms with van der Waals surface area (Å²) in [5.41, 5.74) is 2.25. The number of nitrogens with two attached hydrogens (primary N) is 1. The highest BCUT2D eigenvalue weighted by Crippen LogP contribution is 2.30. The van der Waals surface area contributed by atoms with Crippen LogP contribution in [0.4, 0.5) is 13.2 Å². The number of amides is 1. The minimum atomic E-state index is -4.69. The Balaban J connectivity index is 2.76. The highest BCUT2D eigenvalue weighted by molar-refractivity contribution is 5.86. The average molecular weight is 210 g/mol. The maximum Gasteiger partial charge on any atom is 0.415 e. The lowest BCUT2D eigenvalue weighted by atomic mass is 10.0. The summed E-state index contributed by atoms with van der Waals surface area (Å²) < 4.78 is 37.1. The summed E-state index contributed by atoms with van der Waals surface area (Å²) in [7, 11) is 0. The van der Waals surface area contributed by atoms with Gasteiger partial charge in [0.15, 0.2) is 5.54 Å². The molecule has 1 saturated heterocycles. The van der Waals surface area contributed by atoms with E-state index in [0.717, 1.165) is 12.8 Å².